The Balaban J connectivity index is 1.69. The summed E-state index contributed by atoms with van der Waals surface area (Å²) in [4.78, 5) is 25.2. The Labute approximate surface area is 136 Å². The lowest BCUT2D eigenvalue weighted by atomic mass is 9.99. The largest absolute Gasteiger partial charge is 0.494 e. The van der Waals surface area contributed by atoms with Crippen LogP contribution in [0.4, 0.5) is 0 Å². The molecule has 23 heavy (non-hydrogen) atoms. The van der Waals surface area contributed by atoms with E-state index in [1.807, 2.05) is 4.90 Å². The van der Waals surface area contributed by atoms with Crippen molar-refractivity contribution in [3.8, 4) is 5.75 Å². The minimum absolute atomic E-state index is 0.0955. The maximum atomic E-state index is 12.7. The molecule has 2 saturated heterocycles. The van der Waals surface area contributed by atoms with E-state index in [-0.39, 0.29) is 11.7 Å². The van der Waals surface area contributed by atoms with Gasteiger partial charge < -0.3 is 14.4 Å². The van der Waals surface area contributed by atoms with E-state index in [9.17, 15) is 4.79 Å². The number of hydrogen-bond donors (Lipinski definition) is 0. The van der Waals surface area contributed by atoms with Crippen LogP contribution >= 0.6 is 0 Å². The van der Waals surface area contributed by atoms with E-state index in [1.54, 1.807) is 7.11 Å². The van der Waals surface area contributed by atoms with E-state index in [2.05, 4.69) is 21.8 Å². The highest BCUT2D eigenvalue weighted by Crippen LogP contribution is 2.26. The summed E-state index contributed by atoms with van der Waals surface area (Å²) in [7, 11) is 1.55. The number of hydrogen-bond acceptors (Lipinski definition) is 6. The fraction of sp³-hybridized carbons (Fsp3) is 0.688. The minimum atomic E-state index is -0.0955. The predicted octanol–water partition coefficient (Wildman–Crippen LogP) is 0.668. The third-order valence-corrected chi connectivity index (χ3v) is 4.79. The van der Waals surface area contributed by atoms with E-state index < -0.39 is 0 Å². The van der Waals surface area contributed by atoms with Crippen LogP contribution < -0.4 is 4.74 Å². The molecule has 0 aromatic carbocycles. The molecule has 2 aliphatic heterocycles. The summed E-state index contributed by atoms with van der Waals surface area (Å²) in [5.41, 5.74) is 0. The number of amides is 1. The first kappa shape index (κ1) is 16.1. The quantitative estimate of drug-likeness (QED) is 0.812. The van der Waals surface area contributed by atoms with Gasteiger partial charge in [-0.15, -0.1) is 0 Å². The van der Waals surface area contributed by atoms with E-state index >= 15 is 0 Å². The Bertz CT molecular complexity index is 531. The number of likely N-dealkylation sites (tertiary alicyclic amines) is 1. The summed E-state index contributed by atoms with van der Waals surface area (Å²) >= 11 is 0. The van der Waals surface area contributed by atoms with Crippen molar-refractivity contribution in [2.24, 2.45) is 5.92 Å². The van der Waals surface area contributed by atoms with Crippen molar-refractivity contribution in [1.29, 1.82) is 0 Å². The van der Waals surface area contributed by atoms with Crippen LogP contribution in [0.25, 0.3) is 0 Å². The lowest BCUT2D eigenvalue weighted by molar-refractivity contribution is 0.0102. The Morgan fingerprint density at radius 1 is 1.30 bits per heavy atom. The van der Waals surface area contributed by atoms with Crippen molar-refractivity contribution >= 4 is 5.91 Å². The van der Waals surface area contributed by atoms with Crippen LogP contribution in [0.2, 0.25) is 0 Å². The first-order valence-corrected chi connectivity index (χ1v) is 8.20. The van der Waals surface area contributed by atoms with Crippen molar-refractivity contribution in [3.05, 3.63) is 18.2 Å². The Kier molecular flexibility index (Phi) is 5.07. The van der Waals surface area contributed by atoms with Crippen LogP contribution in [0.5, 0.6) is 5.75 Å². The highest BCUT2D eigenvalue weighted by molar-refractivity contribution is 5.90. The zero-order chi connectivity index (χ0) is 16.2. The number of carbonyl (C=O) groups excluding carboxylic acids is 1. The maximum absolute atomic E-state index is 12.7. The number of nitrogens with zero attached hydrogens (tertiary/aromatic N) is 4. The normalized spacial score (nSPS) is 25.6. The average molecular weight is 320 g/mol. The van der Waals surface area contributed by atoms with E-state index in [1.165, 1.54) is 12.4 Å². The number of ether oxygens (including phenoxy) is 2. The third-order valence-electron chi connectivity index (χ3n) is 4.79. The van der Waals surface area contributed by atoms with Crippen molar-refractivity contribution < 1.29 is 14.3 Å². The molecule has 126 valence electrons. The van der Waals surface area contributed by atoms with Gasteiger partial charge in [-0.3, -0.25) is 9.69 Å². The van der Waals surface area contributed by atoms with Crippen LogP contribution in [-0.4, -0.2) is 78.2 Å². The lowest BCUT2D eigenvalue weighted by Gasteiger charge is -2.34. The summed E-state index contributed by atoms with van der Waals surface area (Å²) in [6, 6.07) is 0.408. The second-order valence-corrected chi connectivity index (χ2v) is 6.04. The van der Waals surface area contributed by atoms with Crippen molar-refractivity contribution in [1.82, 2.24) is 19.8 Å². The second-order valence-electron chi connectivity index (χ2n) is 6.04. The monoisotopic (exact) mass is 320 g/mol. The van der Waals surface area contributed by atoms with Crippen molar-refractivity contribution in [3.63, 3.8) is 0 Å². The first-order valence-electron chi connectivity index (χ1n) is 8.20. The fourth-order valence-corrected chi connectivity index (χ4v) is 3.42. The molecule has 0 spiro atoms. The van der Waals surface area contributed by atoms with Gasteiger partial charge in [0.05, 0.1) is 32.7 Å². The standard InChI is InChI=1S/C16H24N4O3/c1-3-12-10-20(11-14(12)19-4-6-23-7-5-19)16(21)15-17-8-13(22-2)9-18-15/h8-9,12,14H,3-7,10-11H2,1-2H3. The summed E-state index contributed by atoms with van der Waals surface area (Å²) in [5.74, 6) is 1.20. The van der Waals surface area contributed by atoms with Gasteiger partial charge in [-0.1, -0.05) is 13.3 Å². The molecular formula is C16H24N4O3. The predicted molar refractivity (Wildman–Crippen MR) is 84.4 cm³/mol. The SMILES string of the molecule is CCC1CN(C(=O)c2ncc(OC)cn2)CC1N1CCOCC1. The molecule has 0 bridgehead atoms. The number of rotatable bonds is 4. The topological polar surface area (TPSA) is 67.8 Å². The smallest absolute Gasteiger partial charge is 0.291 e. The van der Waals surface area contributed by atoms with Gasteiger partial charge in [0, 0.05) is 32.2 Å². The molecular weight excluding hydrogens is 296 g/mol. The van der Waals surface area contributed by atoms with Gasteiger partial charge in [-0.05, 0) is 5.92 Å². The van der Waals surface area contributed by atoms with E-state index in [0.29, 0.717) is 17.7 Å². The van der Waals surface area contributed by atoms with Crippen molar-refractivity contribution in [2.75, 3.05) is 46.5 Å². The van der Waals surface area contributed by atoms with Gasteiger partial charge in [0.2, 0.25) is 5.82 Å². The molecule has 1 aromatic rings. The van der Waals surface area contributed by atoms with Gasteiger partial charge in [0.25, 0.3) is 5.91 Å². The zero-order valence-corrected chi connectivity index (χ0v) is 13.8. The van der Waals surface area contributed by atoms with Gasteiger partial charge in [-0.25, -0.2) is 9.97 Å². The highest BCUT2D eigenvalue weighted by Gasteiger charge is 2.38. The summed E-state index contributed by atoms with van der Waals surface area (Å²) in [6.07, 6.45) is 4.13. The first-order chi connectivity index (χ1) is 11.2. The van der Waals surface area contributed by atoms with Gasteiger partial charge in [0.15, 0.2) is 5.75 Å². The second kappa shape index (κ2) is 7.23. The van der Waals surface area contributed by atoms with E-state index in [4.69, 9.17) is 9.47 Å². The molecule has 2 unspecified atom stereocenters. The van der Waals surface area contributed by atoms with Crippen LogP contribution in [0.3, 0.4) is 0 Å². The lowest BCUT2D eigenvalue weighted by Crippen LogP contribution is -2.47. The third kappa shape index (κ3) is 3.45. The molecule has 1 amide bonds. The van der Waals surface area contributed by atoms with Crippen LogP contribution in [0, 0.1) is 5.92 Å². The summed E-state index contributed by atoms with van der Waals surface area (Å²) in [5, 5.41) is 0. The molecule has 2 atom stereocenters. The molecule has 0 aliphatic carbocycles. The molecule has 7 heteroatoms. The molecule has 3 rings (SSSR count). The van der Waals surface area contributed by atoms with Gasteiger partial charge in [0.1, 0.15) is 0 Å². The average Bonchev–Trinajstić information content (AvgIpc) is 3.06. The Hall–Kier alpha value is -1.73. The summed E-state index contributed by atoms with van der Waals surface area (Å²) in [6.45, 7) is 7.16. The summed E-state index contributed by atoms with van der Waals surface area (Å²) < 4.78 is 10.5. The van der Waals surface area contributed by atoms with Gasteiger partial charge >= 0.3 is 0 Å². The van der Waals surface area contributed by atoms with Crippen LogP contribution in [0.1, 0.15) is 24.0 Å². The molecule has 2 aliphatic rings. The zero-order valence-electron chi connectivity index (χ0n) is 13.8. The van der Waals surface area contributed by atoms with Crippen LogP contribution in [-0.2, 0) is 4.74 Å². The maximum Gasteiger partial charge on any atom is 0.291 e. The number of methoxy groups -OCH3 is 1. The Morgan fingerprint density at radius 2 is 2.00 bits per heavy atom. The Morgan fingerprint density at radius 3 is 2.61 bits per heavy atom. The highest BCUT2D eigenvalue weighted by atomic mass is 16.5. The van der Waals surface area contributed by atoms with Crippen LogP contribution in [0.15, 0.2) is 12.4 Å². The van der Waals surface area contributed by atoms with E-state index in [0.717, 1.165) is 45.8 Å². The minimum Gasteiger partial charge on any atom is -0.494 e. The molecule has 0 radical (unpaired) electrons. The van der Waals surface area contributed by atoms with Crippen molar-refractivity contribution in [2.45, 2.75) is 19.4 Å². The molecule has 2 fully saturated rings. The molecule has 7 nitrogen and oxygen atoms in total. The molecule has 3 heterocycles. The number of carbonyl (C=O) groups is 1. The molecule has 1 aromatic heterocycles. The fourth-order valence-electron chi connectivity index (χ4n) is 3.42. The molecule has 0 N–H and O–H groups in total. The number of morpholine rings is 1. The number of aromatic nitrogens is 2. The van der Waals surface area contributed by atoms with Gasteiger partial charge in [-0.2, -0.15) is 0 Å². The molecule has 0 saturated carbocycles.